The largest absolute Gasteiger partial charge is 0.392 e. The number of hydrogen-bond donors (Lipinski definition) is 2. The Hall–Kier alpha value is -0.500. The highest BCUT2D eigenvalue weighted by molar-refractivity contribution is 7.91. The molecule has 5 nitrogen and oxygen atoms in total. The van der Waals surface area contributed by atoms with Gasteiger partial charge in [-0.3, -0.25) is 0 Å². The highest BCUT2D eigenvalue weighted by atomic mass is 32.2. The Balaban J connectivity index is 2.15. The van der Waals surface area contributed by atoms with Crippen LogP contribution < -0.4 is 4.72 Å². The fourth-order valence-corrected chi connectivity index (χ4v) is 4.34. The molecule has 7 heteroatoms. The topological polar surface area (TPSA) is 79.3 Å². The van der Waals surface area contributed by atoms with Crippen molar-refractivity contribution >= 4 is 21.4 Å². The summed E-state index contributed by atoms with van der Waals surface area (Å²) < 4.78 is 26.9. The summed E-state index contributed by atoms with van der Waals surface area (Å²) in [6.45, 7) is 5.47. The molecule has 1 fully saturated rings. The van der Waals surface area contributed by atoms with Crippen LogP contribution in [0.15, 0.2) is 10.4 Å². The van der Waals surface area contributed by atoms with Crippen LogP contribution in [0.1, 0.15) is 25.3 Å². The molecule has 0 aromatic carbocycles. The summed E-state index contributed by atoms with van der Waals surface area (Å²) in [4.78, 5) is 3.94. The van der Waals surface area contributed by atoms with Crippen LogP contribution in [0.5, 0.6) is 0 Å². The molecule has 17 heavy (non-hydrogen) atoms. The van der Waals surface area contributed by atoms with Gasteiger partial charge in [0.2, 0.25) is 0 Å². The molecule has 0 bridgehead atoms. The van der Waals surface area contributed by atoms with E-state index in [1.807, 2.05) is 13.8 Å². The molecule has 1 saturated carbocycles. The summed E-state index contributed by atoms with van der Waals surface area (Å²) in [5, 5.41) is 10.3. The Bertz CT molecular complexity index is 521. The van der Waals surface area contributed by atoms with E-state index in [0.29, 0.717) is 6.42 Å². The summed E-state index contributed by atoms with van der Waals surface area (Å²) in [6.07, 6.45) is 1.38. The molecule has 0 spiro atoms. The van der Waals surface area contributed by atoms with Crippen molar-refractivity contribution in [2.75, 3.05) is 0 Å². The first-order valence-corrected chi connectivity index (χ1v) is 7.66. The van der Waals surface area contributed by atoms with E-state index in [4.69, 9.17) is 0 Å². The van der Waals surface area contributed by atoms with Crippen LogP contribution in [0.25, 0.3) is 0 Å². The summed E-state index contributed by atoms with van der Waals surface area (Å²) in [5.74, 6) is 0. The van der Waals surface area contributed by atoms with Gasteiger partial charge in [0, 0.05) is 11.5 Å². The molecule has 2 atom stereocenters. The number of nitrogens with zero attached hydrogens (tertiary/aromatic N) is 1. The zero-order chi connectivity index (χ0) is 12.8. The smallest absolute Gasteiger partial charge is 0.251 e. The number of aliphatic hydroxyl groups excluding tert-OH is 1. The Labute approximate surface area is 105 Å². The Morgan fingerprint density at radius 3 is 2.65 bits per heavy atom. The molecule has 2 rings (SSSR count). The number of aromatic nitrogens is 1. The number of nitrogens with one attached hydrogen (secondary N) is 1. The molecule has 1 aliphatic carbocycles. The second kappa shape index (κ2) is 4.01. The van der Waals surface area contributed by atoms with Gasteiger partial charge in [-0.2, -0.15) is 0 Å². The van der Waals surface area contributed by atoms with Gasteiger partial charge in [0.1, 0.15) is 0 Å². The predicted octanol–water partition coefficient (Wildman–Crippen LogP) is 0.889. The summed E-state index contributed by atoms with van der Waals surface area (Å²) >= 11 is 1.15. The third kappa shape index (κ3) is 2.24. The van der Waals surface area contributed by atoms with Crippen molar-refractivity contribution in [3.05, 3.63) is 11.2 Å². The maximum atomic E-state index is 12.0. The van der Waals surface area contributed by atoms with Crippen molar-refractivity contribution in [2.24, 2.45) is 5.41 Å². The summed E-state index contributed by atoms with van der Waals surface area (Å²) in [6, 6.07) is -0.218. The van der Waals surface area contributed by atoms with E-state index in [9.17, 15) is 13.5 Å². The van der Waals surface area contributed by atoms with E-state index in [0.717, 1.165) is 16.3 Å². The number of aliphatic hydroxyl groups is 1. The first-order valence-electron chi connectivity index (χ1n) is 5.36. The van der Waals surface area contributed by atoms with Crippen LogP contribution in [0.3, 0.4) is 0 Å². The van der Waals surface area contributed by atoms with Crippen molar-refractivity contribution in [3.63, 3.8) is 0 Å². The molecule has 2 N–H and O–H groups in total. The van der Waals surface area contributed by atoms with E-state index in [1.165, 1.54) is 6.20 Å². The van der Waals surface area contributed by atoms with E-state index in [-0.39, 0.29) is 10.3 Å². The fourth-order valence-electron chi connectivity index (χ4n) is 1.81. The zero-order valence-corrected chi connectivity index (χ0v) is 11.6. The van der Waals surface area contributed by atoms with Crippen molar-refractivity contribution in [2.45, 2.75) is 43.5 Å². The Kier molecular flexibility index (Phi) is 3.05. The SMILES string of the molecule is Cc1ncc(S(=O)(=O)NC2CC(O)C2(C)C)s1. The molecule has 2 unspecified atom stereocenters. The lowest BCUT2D eigenvalue weighted by Crippen LogP contribution is -2.60. The van der Waals surface area contributed by atoms with Gasteiger partial charge in [-0.05, 0) is 13.3 Å². The van der Waals surface area contributed by atoms with Gasteiger partial charge in [0.25, 0.3) is 10.0 Å². The number of thiazole rings is 1. The second-order valence-electron chi connectivity index (χ2n) is 4.95. The van der Waals surface area contributed by atoms with Gasteiger partial charge >= 0.3 is 0 Å². The quantitative estimate of drug-likeness (QED) is 0.859. The summed E-state index contributed by atoms with van der Waals surface area (Å²) in [7, 11) is -3.50. The minimum absolute atomic E-state index is 0.218. The number of sulfonamides is 1. The minimum Gasteiger partial charge on any atom is -0.392 e. The summed E-state index contributed by atoms with van der Waals surface area (Å²) in [5.41, 5.74) is -0.410. The second-order valence-corrected chi connectivity index (χ2v) is 8.12. The van der Waals surface area contributed by atoms with E-state index < -0.39 is 21.5 Å². The van der Waals surface area contributed by atoms with E-state index >= 15 is 0 Å². The normalized spacial score (nSPS) is 27.8. The highest BCUT2D eigenvalue weighted by Crippen LogP contribution is 2.41. The molecule has 0 radical (unpaired) electrons. The van der Waals surface area contributed by atoms with Gasteiger partial charge in [-0.15, -0.1) is 11.3 Å². The van der Waals surface area contributed by atoms with Gasteiger partial charge in [-0.1, -0.05) is 13.8 Å². The van der Waals surface area contributed by atoms with Gasteiger partial charge in [-0.25, -0.2) is 18.1 Å². The monoisotopic (exact) mass is 276 g/mol. The van der Waals surface area contributed by atoms with Crippen LogP contribution in [-0.2, 0) is 10.0 Å². The predicted molar refractivity (Wildman–Crippen MR) is 65.4 cm³/mol. The third-order valence-electron chi connectivity index (χ3n) is 3.38. The third-order valence-corrected chi connectivity index (χ3v) is 6.22. The van der Waals surface area contributed by atoms with Crippen molar-refractivity contribution in [1.82, 2.24) is 9.71 Å². The molecule has 1 aromatic heterocycles. The first kappa shape index (κ1) is 12.9. The maximum absolute atomic E-state index is 12.0. The van der Waals surface area contributed by atoms with Crippen LogP contribution in [-0.4, -0.2) is 30.7 Å². The lowest BCUT2D eigenvalue weighted by molar-refractivity contribution is -0.0645. The van der Waals surface area contributed by atoms with Gasteiger partial charge < -0.3 is 5.11 Å². The molecule has 0 aliphatic heterocycles. The van der Waals surface area contributed by atoms with E-state index in [1.54, 1.807) is 6.92 Å². The van der Waals surface area contributed by atoms with Crippen molar-refractivity contribution in [1.29, 1.82) is 0 Å². The maximum Gasteiger partial charge on any atom is 0.251 e. The van der Waals surface area contributed by atoms with Crippen LogP contribution in [0.4, 0.5) is 0 Å². The average Bonchev–Trinajstić information content (AvgIpc) is 2.65. The van der Waals surface area contributed by atoms with Crippen molar-refractivity contribution in [3.8, 4) is 0 Å². The fraction of sp³-hybridized carbons (Fsp3) is 0.700. The molecule has 96 valence electrons. The van der Waals surface area contributed by atoms with Crippen LogP contribution in [0.2, 0.25) is 0 Å². The zero-order valence-electron chi connectivity index (χ0n) is 9.97. The lowest BCUT2D eigenvalue weighted by atomic mass is 9.65. The lowest BCUT2D eigenvalue weighted by Gasteiger charge is -2.49. The van der Waals surface area contributed by atoms with Crippen LogP contribution in [0, 0.1) is 12.3 Å². The minimum atomic E-state index is -3.50. The highest BCUT2D eigenvalue weighted by Gasteiger charge is 2.49. The molecule has 1 heterocycles. The first-order chi connectivity index (χ1) is 7.73. The number of hydrogen-bond acceptors (Lipinski definition) is 5. The van der Waals surface area contributed by atoms with Gasteiger partial charge in [0.15, 0.2) is 4.21 Å². The molecular weight excluding hydrogens is 260 g/mol. The van der Waals surface area contributed by atoms with E-state index in [2.05, 4.69) is 9.71 Å². The Morgan fingerprint density at radius 2 is 2.24 bits per heavy atom. The van der Waals surface area contributed by atoms with Crippen LogP contribution >= 0.6 is 11.3 Å². The standard InChI is InChI=1S/C10H16N2O3S2/c1-6-11-5-9(16-6)17(14,15)12-7-4-8(13)10(7,2)3/h5,7-8,12-13H,4H2,1-3H3. The Morgan fingerprint density at radius 1 is 1.59 bits per heavy atom. The molecule has 0 amide bonds. The number of aryl methyl sites for hydroxylation is 1. The molecular formula is C10H16N2O3S2. The molecule has 1 aliphatic rings. The van der Waals surface area contributed by atoms with Crippen molar-refractivity contribution < 1.29 is 13.5 Å². The average molecular weight is 276 g/mol. The molecule has 0 saturated heterocycles. The number of rotatable bonds is 3. The molecule has 1 aromatic rings. The van der Waals surface area contributed by atoms with Gasteiger partial charge in [0.05, 0.1) is 17.3 Å².